The molecular formula is C27H32N2O5. The quantitative estimate of drug-likeness (QED) is 0.490. The average molecular weight is 465 g/mol. The molecule has 4 rings (SSSR count). The molecule has 0 bridgehead atoms. The van der Waals surface area contributed by atoms with Crippen molar-refractivity contribution >= 4 is 18.0 Å². The van der Waals surface area contributed by atoms with E-state index in [2.05, 4.69) is 34.9 Å². The van der Waals surface area contributed by atoms with Crippen LogP contribution in [-0.2, 0) is 14.3 Å². The summed E-state index contributed by atoms with van der Waals surface area (Å²) < 4.78 is 5.53. The Morgan fingerprint density at radius 1 is 0.971 bits per heavy atom. The molecule has 2 amide bonds. The van der Waals surface area contributed by atoms with E-state index in [0.717, 1.165) is 12.8 Å². The van der Waals surface area contributed by atoms with Crippen LogP contribution in [0.4, 0.5) is 4.79 Å². The normalized spacial score (nSPS) is 19.3. The molecule has 0 radical (unpaired) electrons. The van der Waals surface area contributed by atoms with Crippen molar-refractivity contribution in [3.63, 3.8) is 0 Å². The van der Waals surface area contributed by atoms with Crippen LogP contribution in [0.25, 0.3) is 11.1 Å². The molecule has 1 saturated carbocycles. The maximum Gasteiger partial charge on any atom is 0.407 e. The second-order valence-corrected chi connectivity index (χ2v) is 9.49. The van der Waals surface area contributed by atoms with Gasteiger partial charge in [-0.05, 0) is 53.4 Å². The van der Waals surface area contributed by atoms with E-state index in [1.54, 1.807) is 0 Å². The predicted molar refractivity (Wildman–Crippen MR) is 128 cm³/mol. The molecule has 2 aromatic carbocycles. The molecule has 1 atom stereocenters. The van der Waals surface area contributed by atoms with Crippen LogP contribution in [0.15, 0.2) is 48.5 Å². The number of amides is 2. The summed E-state index contributed by atoms with van der Waals surface area (Å²) in [5.41, 5.74) is 4.71. The van der Waals surface area contributed by atoms with Crippen molar-refractivity contribution in [3.05, 3.63) is 59.7 Å². The number of aliphatic carboxylic acids is 1. The summed E-state index contributed by atoms with van der Waals surface area (Å²) in [5, 5.41) is 14.5. The van der Waals surface area contributed by atoms with Gasteiger partial charge < -0.3 is 20.5 Å². The molecule has 1 unspecified atom stereocenters. The Hall–Kier alpha value is -3.35. The van der Waals surface area contributed by atoms with Gasteiger partial charge in [-0.15, -0.1) is 0 Å². The highest BCUT2D eigenvalue weighted by Crippen LogP contribution is 2.44. The number of fused-ring (bicyclic) bond motifs is 3. The molecule has 1 fully saturated rings. The van der Waals surface area contributed by atoms with E-state index >= 15 is 0 Å². The third kappa shape index (κ3) is 5.58. The number of nitrogens with one attached hydrogen (secondary N) is 2. The van der Waals surface area contributed by atoms with Crippen LogP contribution in [0, 0.1) is 17.8 Å². The van der Waals surface area contributed by atoms with Crippen molar-refractivity contribution in [2.45, 2.75) is 38.5 Å². The monoisotopic (exact) mass is 464 g/mol. The third-order valence-electron chi connectivity index (χ3n) is 7.00. The Morgan fingerprint density at radius 3 is 2.21 bits per heavy atom. The summed E-state index contributed by atoms with van der Waals surface area (Å²) in [6.07, 6.45) is 1.95. The van der Waals surface area contributed by atoms with Crippen molar-refractivity contribution in [2.24, 2.45) is 17.8 Å². The minimum Gasteiger partial charge on any atom is -0.481 e. The molecular weight excluding hydrogens is 432 g/mol. The van der Waals surface area contributed by atoms with Crippen molar-refractivity contribution in [3.8, 4) is 11.1 Å². The lowest BCUT2D eigenvalue weighted by Crippen LogP contribution is -2.39. The molecule has 7 nitrogen and oxygen atoms in total. The highest BCUT2D eigenvalue weighted by Gasteiger charge is 2.31. The SMILES string of the molecule is CC(CCNC(=O)OCC1c2ccccc2-c2ccccc21)C(=O)NCC1CC(CC(=O)O)C1. The summed E-state index contributed by atoms with van der Waals surface area (Å²) in [5.74, 6) is -0.424. The molecule has 2 aromatic rings. The number of carboxylic acids is 1. The molecule has 180 valence electrons. The summed E-state index contributed by atoms with van der Waals surface area (Å²) in [6.45, 7) is 3.04. The fourth-order valence-corrected chi connectivity index (χ4v) is 5.04. The number of hydrogen-bond donors (Lipinski definition) is 3. The maximum atomic E-state index is 12.3. The molecule has 0 spiro atoms. The van der Waals surface area contributed by atoms with Gasteiger partial charge >= 0.3 is 12.1 Å². The van der Waals surface area contributed by atoms with Crippen molar-refractivity contribution in [1.29, 1.82) is 0 Å². The van der Waals surface area contributed by atoms with Crippen LogP contribution in [0.1, 0.15) is 49.7 Å². The molecule has 0 aliphatic heterocycles. The van der Waals surface area contributed by atoms with Gasteiger partial charge in [0, 0.05) is 31.3 Å². The van der Waals surface area contributed by atoms with Crippen molar-refractivity contribution < 1.29 is 24.2 Å². The topological polar surface area (TPSA) is 105 Å². The minimum absolute atomic E-state index is 0.0180. The van der Waals surface area contributed by atoms with Gasteiger partial charge in [-0.1, -0.05) is 55.5 Å². The first-order valence-electron chi connectivity index (χ1n) is 12.0. The Kier molecular flexibility index (Phi) is 7.50. The van der Waals surface area contributed by atoms with E-state index in [-0.39, 0.29) is 36.7 Å². The zero-order chi connectivity index (χ0) is 24.1. The molecule has 34 heavy (non-hydrogen) atoms. The smallest absolute Gasteiger partial charge is 0.407 e. The van der Waals surface area contributed by atoms with Crippen LogP contribution < -0.4 is 10.6 Å². The lowest BCUT2D eigenvalue weighted by atomic mass is 9.73. The summed E-state index contributed by atoms with van der Waals surface area (Å²) in [7, 11) is 0. The number of carbonyl (C=O) groups is 3. The number of alkyl carbamates (subject to hydrolysis) is 1. The summed E-state index contributed by atoms with van der Waals surface area (Å²) in [6, 6.07) is 16.4. The predicted octanol–water partition coefficient (Wildman–Crippen LogP) is 4.17. The number of benzene rings is 2. The van der Waals surface area contributed by atoms with Gasteiger partial charge in [0.25, 0.3) is 0 Å². The van der Waals surface area contributed by atoms with Crippen LogP contribution in [0.3, 0.4) is 0 Å². The Morgan fingerprint density at radius 2 is 1.59 bits per heavy atom. The van der Waals surface area contributed by atoms with Crippen LogP contribution in [0.5, 0.6) is 0 Å². The number of hydrogen-bond acceptors (Lipinski definition) is 4. The van der Waals surface area contributed by atoms with Gasteiger partial charge in [0.2, 0.25) is 5.91 Å². The number of carbonyl (C=O) groups excluding carboxylic acids is 2. The van der Waals surface area contributed by atoms with E-state index < -0.39 is 12.1 Å². The maximum absolute atomic E-state index is 12.3. The number of rotatable bonds is 10. The van der Waals surface area contributed by atoms with Crippen LogP contribution >= 0.6 is 0 Å². The van der Waals surface area contributed by atoms with Crippen molar-refractivity contribution in [2.75, 3.05) is 19.7 Å². The van der Waals surface area contributed by atoms with Gasteiger partial charge in [0.15, 0.2) is 0 Å². The van der Waals surface area contributed by atoms with E-state index in [4.69, 9.17) is 9.84 Å². The standard InChI is InChI=1S/C27H32N2O5/c1-17(26(32)29-15-19-12-18(13-19)14-25(30)31)10-11-28-27(33)34-16-24-22-8-4-2-6-20(22)21-7-3-5-9-23(21)24/h2-9,17-19,24H,10-16H2,1H3,(H,28,33)(H,29,32)(H,30,31). The first kappa shape index (κ1) is 23.8. The second kappa shape index (κ2) is 10.7. The molecule has 7 heteroatoms. The Bertz CT molecular complexity index is 1000. The van der Waals surface area contributed by atoms with Gasteiger partial charge in [0.05, 0.1) is 0 Å². The van der Waals surface area contributed by atoms with E-state index in [0.29, 0.717) is 25.4 Å². The lowest BCUT2D eigenvalue weighted by Gasteiger charge is -2.34. The fourth-order valence-electron chi connectivity index (χ4n) is 5.04. The fraction of sp³-hybridized carbons (Fsp3) is 0.444. The molecule has 0 heterocycles. The van der Waals surface area contributed by atoms with Crippen LogP contribution in [0.2, 0.25) is 0 Å². The molecule has 3 N–H and O–H groups in total. The lowest BCUT2D eigenvalue weighted by molar-refractivity contribution is -0.139. The Balaban J connectivity index is 1.15. The first-order valence-corrected chi connectivity index (χ1v) is 12.0. The van der Waals surface area contributed by atoms with E-state index in [1.165, 1.54) is 22.3 Å². The zero-order valence-electron chi connectivity index (χ0n) is 19.5. The van der Waals surface area contributed by atoms with Crippen molar-refractivity contribution in [1.82, 2.24) is 10.6 Å². The van der Waals surface area contributed by atoms with Gasteiger partial charge in [0.1, 0.15) is 6.61 Å². The summed E-state index contributed by atoms with van der Waals surface area (Å²) in [4.78, 5) is 35.3. The van der Waals surface area contributed by atoms with Gasteiger partial charge in [-0.3, -0.25) is 9.59 Å². The first-order chi connectivity index (χ1) is 16.4. The molecule has 0 aromatic heterocycles. The summed E-state index contributed by atoms with van der Waals surface area (Å²) >= 11 is 0. The molecule has 2 aliphatic carbocycles. The highest BCUT2D eigenvalue weighted by atomic mass is 16.5. The third-order valence-corrected chi connectivity index (χ3v) is 7.00. The highest BCUT2D eigenvalue weighted by molar-refractivity contribution is 5.79. The van der Waals surface area contributed by atoms with Gasteiger partial charge in [-0.2, -0.15) is 0 Å². The van der Waals surface area contributed by atoms with Crippen LogP contribution in [-0.4, -0.2) is 42.8 Å². The zero-order valence-corrected chi connectivity index (χ0v) is 19.5. The molecule has 2 aliphatic rings. The largest absolute Gasteiger partial charge is 0.481 e. The number of ether oxygens (including phenoxy) is 1. The van der Waals surface area contributed by atoms with Gasteiger partial charge in [-0.25, -0.2) is 4.79 Å². The van der Waals surface area contributed by atoms with E-state index in [1.807, 2.05) is 31.2 Å². The Labute approximate surface area is 199 Å². The van der Waals surface area contributed by atoms with E-state index in [9.17, 15) is 14.4 Å². The number of carboxylic acid groups (broad SMARTS) is 1. The minimum atomic E-state index is -0.759. The second-order valence-electron chi connectivity index (χ2n) is 9.49. The molecule has 0 saturated heterocycles. The average Bonchev–Trinajstić information content (AvgIpc) is 3.12.